The van der Waals surface area contributed by atoms with E-state index in [2.05, 4.69) is 4.98 Å². The van der Waals surface area contributed by atoms with E-state index in [4.69, 9.17) is 0 Å². The number of fused-ring (bicyclic) bond motifs is 1. The van der Waals surface area contributed by atoms with Crippen LogP contribution in [0.15, 0.2) is 48.8 Å². The Labute approximate surface area is 169 Å². The normalized spacial score (nSPS) is 14.8. The van der Waals surface area contributed by atoms with Crippen LogP contribution in [0.2, 0.25) is 0 Å². The van der Waals surface area contributed by atoms with Crippen LogP contribution < -0.4 is 0 Å². The number of carbonyl (C=O) groups is 2. The first-order chi connectivity index (χ1) is 14.1. The fourth-order valence-corrected chi connectivity index (χ4v) is 4.16. The smallest absolute Gasteiger partial charge is 0.254 e. The third-order valence-electron chi connectivity index (χ3n) is 5.71. The molecule has 1 saturated carbocycles. The highest BCUT2D eigenvalue weighted by atomic mass is 19.1. The maximum Gasteiger partial charge on any atom is 0.254 e. The van der Waals surface area contributed by atoms with Crippen molar-refractivity contribution in [1.82, 2.24) is 14.3 Å². The van der Waals surface area contributed by atoms with Gasteiger partial charge in [-0.05, 0) is 44.0 Å². The fourth-order valence-electron chi connectivity index (χ4n) is 4.16. The molecule has 150 valence electrons. The standard InChI is InChI=1S/C23H24FN3O2/c1-2-26(19-6-4-3-5-7-19)23(29)17-10-8-16(9-11-17)22(28)20-14-25-21-13-12-18(24)15-27(20)21/h8-15,19H,2-7H2,1H3. The van der Waals surface area contributed by atoms with Crippen LogP contribution in [0.4, 0.5) is 4.39 Å². The number of hydrogen-bond acceptors (Lipinski definition) is 3. The second-order valence-corrected chi connectivity index (χ2v) is 7.51. The van der Waals surface area contributed by atoms with E-state index in [0.717, 1.165) is 12.8 Å². The Morgan fingerprint density at radius 1 is 1.07 bits per heavy atom. The lowest BCUT2D eigenvalue weighted by atomic mass is 9.93. The molecular formula is C23H24FN3O2. The van der Waals surface area contributed by atoms with Gasteiger partial charge in [-0.2, -0.15) is 0 Å². The summed E-state index contributed by atoms with van der Waals surface area (Å²) in [6.45, 7) is 2.69. The summed E-state index contributed by atoms with van der Waals surface area (Å²) >= 11 is 0. The van der Waals surface area contributed by atoms with E-state index in [9.17, 15) is 14.0 Å². The highest BCUT2D eigenvalue weighted by Crippen LogP contribution is 2.24. The number of hydrogen-bond donors (Lipinski definition) is 0. The van der Waals surface area contributed by atoms with Gasteiger partial charge in [0, 0.05) is 29.9 Å². The number of amides is 1. The van der Waals surface area contributed by atoms with Gasteiger partial charge in [-0.15, -0.1) is 0 Å². The number of nitrogens with zero attached hydrogens (tertiary/aromatic N) is 3. The van der Waals surface area contributed by atoms with Gasteiger partial charge in [-0.1, -0.05) is 31.4 Å². The van der Waals surface area contributed by atoms with E-state index >= 15 is 0 Å². The van der Waals surface area contributed by atoms with E-state index in [1.807, 2.05) is 11.8 Å². The molecule has 0 N–H and O–H groups in total. The zero-order chi connectivity index (χ0) is 20.4. The van der Waals surface area contributed by atoms with Gasteiger partial charge in [0.2, 0.25) is 5.78 Å². The molecule has 2 heterocycles. The van der Waals surface area contributed by atoms with E-state index in [0.29, 0.717) is 29.4 Å². The van der Waals surface area contributed by atoms with Crippen molar-refractivity contribution in [3.63, 3.8) is 0 Å². The Hall–Kier alpha value is -3.02. The Morgan fingerprint density at radius 3 is 2.45 bits per heavy atom. The zero-order valence-corrected chi connectivity index (χ0v) is 16.5. The molecule has 6 heteroatoms. The molecule has 1 aromatic carbocycles. The fraction of sp³-hybridized carbons (Fsp3) is 0.348. The van der Waals surface area contributed by atoms with Gasteiger partial charge in [-0.3, -0.25) is 14.0 Å². The van der Waals surface area contributed by atoms with E-state index in [1.54, 1.807) is 24.3 Å². The van der Waals surface area contributed by atoms with Gasteiger partial charge in [-0.25, -0.2) is 9.37 Å². The van der Waals surface area contributed by atoms with Crippen molar-refractivity contribution in [1.29, 1.82) is 0 Å². The molecule has 29 heavy (non-hydrogen) atoms. The summed E-state index contributed by atoms with van der Waals surface area (Å²) in [4.78, 5) is 32.0. The van der Waals surface area contributed by atoms with Gasteiger partial charge < -0.3 is 4.90 Å². The summed E-state index contributed by atoms with van der Waals surface area (Å²) in [7, 11) is 0. The summed E-state index contributed by atoms with van der Waals surface area (Å²) < 4.78 is 15.0. The van der Waals surface area contributed by atoms with Gasteiger partial charge in [0.15, 0.2) is 0 Å². The maximum atomic E-state index is 13.6. The SMILES string of the molecule is CCN(C(=O)c1ccc(C(=O)c2cnc3ccc(F)cn23)cc1)C1CCCCC1. The number of aromatic nitrogens is 2. The summed E-state index contributed by atoms with van der Waals surface area (Å²) in [6.07, 6.45) is 8.38. The summed E-state index contributed by atoms with van der Waals surface area (Å²) in [5.74, 6) is -0.690. The minimum Gasteiger partial charge on any atom is -0.336 e. The van der Waals surface area contributed by atoms with Gasteiger partial charge >= 0.3 is 0 Å². The highest BCUT2D eigenvalue weighted by Gasteiger charge is 2.25. The van der Waals surface area contributed by atoms with Gasteiger partial charge in [0.05, 0.1) is 6.20 Å². The van der Waals surface area contributed by atoms with E-state index in [-0.39, 0.29) is 17.4 Å². The van der Waals surface area contributed by atoms with Crippen molar-refractivity contribution < 1.29 is 14.0 Å². The highest BCUT2D eigenvalue weighted by molar-refractivity contribution is 6.08. The summed E-state index contributed by atoms with van der Waals surface area (Å²) in [5, 5.41) is 0. The quantitative estimate of drug-likeness (QED) is 0.600. The lowest BCUT2D eigenvalue weighted by Gasteiger charge is -2.33. The molecule has 0 aliphatic heterocycles. The lowest BCUT2D eigenvalue weighted by Crippen LogP contribution is -2.41. The number of pyridine rings is 1. The molecule has 1 aliphatic carbocycles. The maximum absolute atomic E-state index is 13.6. The second kappa shape index (κ2) is 8.15. The van der Waals surface area contributed by atoms with Crippen molar-refractivity contribution in [2.24, 2.45) is 0 Å². The molecule has 2 aromatic heterocycles. The van der Waals surface area contributed by atoms with Crippen LogP contribution in [0.25, 0.3) is 5.65 Å². The van der Waals surface area contributed by atoms with Crippen LogP contribution in [-0.2, 0) is 0 Å². The van der Waals surface area contributed by atoms with Crippen LogP contribution in [-0.4, -0.2) is 38.6 Å². The van der Waals surface area contributed by atoms with Gasteiger partial charge in [0.25, 0.3) is 5.91 Å². The lowest BCUT2D eigenvalue weighted by molar-refractivity contribution is 0.0647. The minimum absolute atomic E-state index is 0.00951. The molecule has 3 aromatic rings. The number of halogens is 1. The van der Waals surface area contributed by atoms with Crippen molar-refractivity contribution >= 4 is 17.3 Å². The van der Waals surface area contributed by atoms with Crippen LogP contribution in [0.1, 0.15) is 65.4 Å². The number of rotatable bonds is 5. The number of carbonyl (C=O) groups excluding carboxylic acids is 2. The van der Waals surface area contributed by atoms with Crippen molar-refractivity contribution in [3.8, 4) is 0 Å². The Morgan fingerprint density at radius 2 is 1.76 bits per heavy atom. The topological polar surface area (TPSA) is 54.7 Å². The molecule has 0 radical (unpaired) electrons. The average molecular weight is 393 g/mol. The average Bonchev–Trinajstić information content (AvgIpc) is 3.17. The summed E-state index contributed by atoms with van der Waals surface area (Å²) in [6, 6.07) is 9.85. The first-order valence-electron chi connectivity index (χ1n) is 10.2. The first kappa shape index (κ1) is 19.3. The van der Waals surface area contributed by atoms with Gasteiger partial charge in [0.1, 0.15) is 17.2 Å². The van der Waals surface area contributed by atoms with Crippen LogP contribution in [0.3, 0.4) is 0 Å². The third-order valence-corrected chi connectivity index (χ3v) is 5.71. The molecule has 5 nitrogen and oxygen atoms in total. The molecule has 0 bridgehead atoms. The predicted octanol–water partition coefficient (Wildman–Crippen LogP) is 4.50. The van der Waals surface area contributed by atoms with E-state index < -0.39 is 5.82 Å². The first-order valence-corrected chi connectivity index (χ1v) is 10.2. The molecule has 0 saturated heterocycles. The minimum atomic E-state index is -0.437. The zero-order valence-electron chi connectivity index (χ0n) is 16.5. The molecule has 1 aliphatic rings. The summed E-state index contributed by atoms with van der Waals surface area (Å²) in [5.41, 5.74) is 1.81. The van der Waals surface area contributed by atoms with Crippen LogP contribution >= 0.6 is 0 Å². The monoisotopic (exact) mass is 393 g/mol. The number of imidazole rings is 1. The second-order valence-electron chi connectivity index (χ2n) is 7.51. The molecule has 1 amide bonds. The Kier molecular flexibility index (Phi) is 5.43. The molecule has 0 atom stereocenters. The van der Waals surface area contributed by atoms with Crippen molar-refractivity contribution in [2.45, 2.75) is 45.1 Å². The van der Waals surface area contributed by atoms with Crippen molar-refractivity contribution in [3.05, 3.63) is 71.4 Å². The Balaban J connectivity index is 1.55. The Bertz CT molecular complexity index is 1040. The van der Waals surface area contributed by atoms with E-state index in [1.165, 1.54) is 48.2 Å². The molecule has 1 fully saturated rings. The molecular weight excluding hydrogens is 369 g/mol. The number of benzene rings is 1. The van der Waals surface area contributed by atoms with Crippen LogP contribution in [0, 0.1) is 5.82 Å². The molecule has 0 spiro atoms. The number of ketones is 1. The molecule has 0 unspecified atom stereocenters. The van der Waals surface area contributed by atoms with Crippen molar-refractivity contribution in [2.75, 3.05) is 6.54 Å². The predicted molar refractivity (Wildman–Crippen MR) is 109 cm³/mol. The largest absolute Gasteiger partial charge is 0.336 e. The van der Waals surface area contributed by atoms with Crippen LogP contribution in [0.5, 0.6) is 0 Å². The third kappa shape index (κ3) is 3.79. The molecule has 4 rings (SSSR count).